The van der Waals surface area contributed by atoms with Gasteiger partial charge in [-0.2, -0.15) is 5.10 Å². The molecule has 0 saturated heterocycles. The van der Waals surface area contributed by atoms with Gasteiger partial charge in [-0.25, -0.2) is 5.43 Å². The lowest BCUT2D eigenvalue weighted by Crippen LogP contribution is -2.20. The van der Waals surface area contributed by atoms with Gasteiger partial charge in [0.2, 0.25) is 0 Å². The lowest BCUT2D eigenvalue weighted by atomic mass is 10.0. The number of hydrazone groups is 1. The predicted molar refractivity (Wildman–Crippen MR) is 138 cm³/mol. The molecule has 0 fully saturated rings. The molecule has 176 valence electrons. The van der Waals surface area contributed by atoms with Crippen molar-refractivity contribution in [1.82, 2.24) is 5.43 Å². The average Bonchev–Trinajstić information content (AvgIpc) is 2.86. The lowest BCUT2D eigenvalue weighted by Gasteiger charge is -2.11. The second-order valence-electron chi connectivity index (χ2n) is 7.41. The zero-order chi connectivity index (χ0) is 24.8. The number of nitrogens with zero attached hydrogens (tertiary/aromatic N) is 1. The van der Waals surface area contributed by atoms with Crippen LogP contribution in [0.5, 0.6) is 11.5 Å². The Kier molecular flexibility index (Phi) is 7.50. The number of anilines is 1. The number of phenols is 1. The number of fused-ring (bicyclic) bond motifs is 1. The van der Waals surface area contributed by atoms with Gasteiger partial charge in [0.15, 0.2) is 6.61 Å². The molecule has 0 aliphatic rings. The van der Waals surface area contributed by atoms with Gasteiger partial charge in [-0.15, -0.1) is 0 Å². The van der Waals surface area contributed by atoms with E-state index in [1.807, 2.05) is 24.3 Å². The van der Waals surface area contributed by atoms with Crippen LogP contribution >= 0.6 is 23.2 Å². The Hall–Kier alpha value is -4.07. The van der Waals surface area contributed by atoms with Gasteiger partial charge in [-0.1, -0.05) is 47.5 Å². The van der Waals surface area contributed by atoms with E-state index in [0.29, 0.717) is 16.5 Å². The van der Waals surface area contributed by atoms with E-state index >= 15 is 0 Å². The molecule has 9 heteroatoms. The summed E-state index contributed by atoms with van der Waals surface area (Å²) < 4.78 is 5.77. The Bertz CT molecular complexity index is 1420. The van der Waals surface area contributed by atoms with Gasteiger partial charge in [-0.3, -0.25) is 9.59 Å². The number of hydrogen-bond donors (Lipinski definition) is 3. The van der Waals surface area contributed by atoms with E-state index in [1.165, 1.54) is 24.4 Å². The van der Waals surface area contributed by atoms with E-state index in [-0.39, 0.29) is 28.8 Å². The van der Waals surface area contributed by atoms with Crippen LogP contribution in [0.2, 0.25) is 10.0 Å². The van der Waals surface area contributed by atoms with E-state index in [0.717, 1.165) is 16.3 Å². The molecular weight excluding hydrogens is 489 g/mol. The minimum atomic E-state index is -0.473. The summed E-state index contributed by atoms with van der Waals surface area (Å²) in [4.78, 5) is 24.6. The third-order valence-corrected chi connectivity index (χ3v) is 5.54. The van der Waals surface area contributed by atoms with Crippen LogP contribution in [0, 0.1) is 0 Å². The molecule has 0 saturated carbocycles. The predicted octanol–water partition coefficient (Wildman–Crippen LogP) is 5.63. The summed E-state index contributed by atoms with van der Waals surface area (Å²) in [6.45, 7) is -0.175. The van der Waals surface area contributed by atoms with Crippen molar-refractivity contribution in [1.29, 1.82) is 0 Å². The fourth-order valence-corrected chi connectivity index (χ4v) is 3.59. The molecule has 3 N–H and O–H groups in total. The molecule has 4 rings (SSSR count). The summed E-state index contributed by atoms with van der Waals surface area (Å²) in [5, 5.41) is 18.5. The van der Waals surface area contributed by atoms with Gasteiger partial charge in [0, 0.05) is 27.2 Å². The zero-order valence-electron chi connectivity index (χ0n) is 18.2. The average molecular weight is 508 g/mol. The first-order valence-corrected chi connectivity index (χ1v) is 11.2. The second kappa shape index (κ2) is 10.9. The monoisotopic (exact) mass is 507 g/mol. The molecule has 4 aromatic carbocycles. The van der Waals surface area contributed by atoms with Gasteiger partial charge in [0.25, 0.3) is 11.8 Å². The Morgan fingerprint density at radius 2 is 1.69 bits per heavy atom. The number of benzene rings is 4. The number of halogens is 2. The fraction of sp³-hybridized carbons (Fsp3) is 0.0385. The first-order valence-electron chi connectivity index (χ1n) is 10.4. The summed E-state index contributed by atoms with van der Waals surface area (Å²) in [7, 11) is 0. The smallest absolute Gasteiger partial charge is 0.271 e. The molecule has 35 heavy (non-hydrogen) atoms. The van der Waals surface area contributed by atoms with E-state index in [9.17, 15) is 14.7 Å². The zero-order valence-corrected chi connectivity index (χ0v) is 19.7. The molecule has 0 unspecified atom stereocenters. The van der Waals surface area contributed by atoms with Crippen molar-refractivity contribution in [3.8, 4) is 11.5 Å². The number of phenolic OH excluding ortho intramolecular Hbond substituents is 1. The maximum atomic E-state index is 12.3. The molecule has 0 aliphatic carbocycles. The van der Waals surface area contributed by atoms with E-state index < -0.39 is 5.91 Å². The molecule has 0 bridgehead atoms. The molecular formula is C26H19Cl2N3O4. The third kappa shape index (κ3) is 6.09. The Morgan fingerprint density at radius 3 is 2.43 bits per heavy atom. The number of hydrogen-bond acceptors (Lipinski definition) is 5. The summed E-state index contributed by atoms with van der Waals surface area (Å²) in [6, 6.07) is 21.9. The Balaban J connectivity index is 1.44. The van der Waals surface area contributed by atoms with Crippen molar-refractivity contribution in [2.24, 2.45) is 5.10 Å². The van der Waals surface area contributed by atoms with Crippen LogP contribution in [-0.2, 0) is 4.79 Å². The summed E-state index contributed by atoms with van der Waals surface area (Å²) in [5.74, 6) is -0.354. The summed E-state index contributed by atoms with van der Waals surface area (Å²) in [6.07, 6.45) is 1.51. The highest BCUT2D eigenvalue weighted by Crippen LogP contribution is 2.28. The number of aromatic hydroxyl groups is 1. The Labute approximate surface area is 210 Å². The van der Waals surface area contributed by atoms with Crippen LogP contribution in [0.3, 0.4) is 0 Å². The van der Waals surface area contributed by atoms with Crippen LogP contribution in [0.25, 0.3) is 10.8 Å². The normalized spacial score (nSPS) is 10.9. The van der Waals surface area contributed by atoms with Gasteiger partial charge >= 0.3 is 0 Å². The van der Waals surface area contributed by atoms with Crippen molar-refractivity contribution in [2.45, 2.75) is 0 Å². The highest BCUT2D eigenvalue weighted by Gasteiger charge is 2.10. The first-order chi connectivity index (χ1) is 16.9. The first kappa shape index (κ1) is 24.1. The van der Waals surface area contributed by atoms with Crippen molar-refractivity contribution in [2.75, 3.05) is 11.9 Å². The summed E-state index contributed by atoms with van der Waals surface area (Å²) in [5.41, 5.74) is 4.06. The van der Waals surface area contributed by atoms with Gasteiger partial charge in [-0.05, 0) is 60.0 Å². The molecule has 0 radical (unpaired) electrons. The molecule has 2 amide bonds. The second-order valence-corrected chi connectivity index (χ2v) is 8.25. The number of ether oxygens (including phenoxy) is 1. The molecule has 0 aromatic heterocycles. The highest BCUT2D eigenvalue weighted by molar-refractivity contribution is 6.32. The summed E-state index contributed by atoms with van der Waals surface area (Å²) >= 11 is 11.7. The van der Waals surface area contributed by atoms with E-state index in [1.54, 1.807) is 36.4 Å². The molecule has 0 aliphatic heterocycles. The van der Waals surface area contributed by atoms with Crippen molar-refractivity contribution in [3.63, 3.8) is 0 Å². The van der Waals surface area contributed by atoms with Crippen LogP contribution < -0.4 is 15.5 Å². The Morgan fingerprint density at radius 1 is 0.943 bits per heavy atom. The fourth-order valence-electron chi connectivity index (χ4n) is 3.28. The van der Waals surface area contributed by atoms with Gasteiger partial charge < -0.3 is 15.2 Å². The quantitative estimate of drug-likeness (QED) is 0.222. The standard InChI is InChI=1S/C26H19Cl2N3O4/c27-18-7-9-19(10-8-18)30-25(33)15-35-24-12-6-17(20-3-1-2-4-21(20)24)14-29-31-26(34)16-5-11-23(32)22(28)13-16/h1-14,32H,15H2,(H,30,33)(H,31,34). The van der Waals surface area contributed by atoms with E-state index in [4.69, 9.17) is 27.9 Å². The van der Waals surface area contributed by atoms with Crippen LogP contribution in [-0.4, -0.2) is 29.7 Å². The minimum Gasteiger partial charge on any atom is -0.506 e. The van der Waals surface area contributed by atoms with Crippen molar-refractivity contribution in [3.05, 3.63) is 100 Å². The minimum absolute atomic E-state index is 0.0741. The number of nitrogens with one attached hydrogen (secondary N) is 2. The van der Waals surface area contributed by atoms with Crippen LogP contribution in [0.15, 0.2) is 84.0 Å². The number of carbonyl (C=O) groups is 2. The molecule has 0 heterocycles. The maximum absolute atomic E-state index is 12.3. The lowest BCUT2D eigenvalue weighted by molar-refractivity contribution is -0.118. The van der Waals surface area contributed by atoms with Crippen LogP contribution in [0.1, 0.15) is 15.9 Å². The topological polar surface area (TPSA) is 100 Å². The molecule has 0 spiro atoms. The SMILES string of the molecule is O=C(COc1ccc(C=NNC(=O)c2ccc(O)c(Cl)c2)c2ccccc12)Nc1ccc(Cl)cc1. The molecule has 0 atom stereocenters. The van der Waals surface area contributed by atoms with Crippen molar-refractivity contribution >= 4 is 57.7 Å². The highest BCUT2D eigenvalue weighted by atomic mass is 35.5. The van der Waals surface area contributed by atoms with Gasteiger partial charge in [0.05, 0.1) is 11.2 Å². The maximum Gasteiger partial charge on any atom is 0.271 e. The number of amides is 2. The number of rotatable bonds is 7. The largest absolute Gasteiger partial charge is 0.506 e. The van der Waals surface area contributed by atoms with Crippen molar-refractivity contribution < 1.29 is 19.4 Å². The van der Waals surface area contributed by atoms with Gasteiger partial charge in [0.1, 0.15) is 11.5 Å². The molecule has 4 aromatic rings. The molecule has 7 nitrogen and oxygen atoms in total. The number of carbonyl (C=O) groups excluding carboxylic acids is 2. The van der Waals surface area contributed by atoms with Crippen LogP contribution in [0.4, 0.5) is 5.69 Å². The third-order valence-electron chi connectivity index (χ3n) is 4.98. The van der Waals surface area contributed by atoms with E-state index in [2.05, 4.69) is 15.8 Å².